The first-order valence-electron chi connectivity index (χ1n) is 7.46. The number of carbonyl (C=O) groups excluding carboxylic acids is 1. The number of aryl methyl sites for hydroxylation is 2. The fraction of sp³-hybridized carbons (Fsp3) is 0.588. The lowest BCUT2D eigenvalue weighted by Gasteiger charge is -2.30. The summed E-state index contributed by atoms with van der Waals surface area (Å²) in [4.78, 5) is 14.2. The molecule has 4 nitrogen and oxygen atoms in total. The van der Waals surface area contributed by atoms with Gasteiger partial charge < -0.3 is 15.3 Å². The average Bonchev–Trinajstić information content (AvgIpc) is 2.31. The Labute approximate surface area is 128 Å². The summed E-state index contributed by atoms with van der Waals surface area (Å²) in [5.74, 6) is 0. The van der Waals surface area contributed by atoms with Crippen molar-refractivity contribution < 1.29 is 9.90 Å². The third-order valence-corrected chi connectivity index (χ3v) is 3.01. The molecule has 0 atom stereocenters. The number of nitrogens with one attached hydrogen (secondary N) is 1. The molecule has 0 aliphatic rings. The van der Waals surface area contributed by atoms with Gasteiger partial charge in [0.1, 0.15) is 0 Å². The van der Waals surface area contributed by atoms with E-state index in [-0.39, 0.29) is 18.1 Å². The highest BCUT2D eigenvalue weighted by molar-refractivity contribution is 5.89. The normalized spacial score (nSPS) is 11.3. The van der Waals surface area contributed by atoms with E-state index in [9.17, 15) is 4.79 Å². The monoisotopic (exact) mass is 292 g/mol. The largest absolute Gasteiger partial charge is 0.396 e. The third kappa shape index (κ3) is 6.63. The first-order chi connectivity index (χ1) is 9.71. The van der Waals surface area contributed by atoms with Crippen LogP contribution in [-0.4, -0.2) is 35.7 Å². The van der Waals surface area contributed by atoms with E-state index in [4.69, 9.17) is 5.11 Å². The highest BCUT2D eigenvalue weighted by Gasteiger charge is 2.20. The van der Waals surface area contributed by atoms with Crippen LogP contribution in [0.5, 0.6) is 0 Å². The Morgan fingerprint density at radius 1 is 1.19 bits per heavy atom. The van der Waals surface area contributed by atoms with Crippen LogP contribution in [0, 0.1) is 19.3 Å². The topological polar surface area (TPSA) is 52.6 Å². The van der Waals surface area contributed by atoms with Gasteiger partial charge >= 0.3 is 6.03 Å². The van der Waals surface area contributed by atoms with E-state index in [0.29, 0.717) is 19.5 Å². The molecule has 1 rings (SSSR count). The van der Waals surface area contributed by atoms with Gasteiger partial charge in [-0.1, -0.05) is 26.8 Å². The molecule has 118 valence electrons. The number of aliphatic hydroxyl groups is 1. The molecular formula is C17H28N2O2. The minimum Gasteiger partial charge on any atom is -0.396 e. The standard InChI is InChI=1S/C17H28N2O2/c1-13-9-14(2)11-15(10-13)18-16(21)19(7-6-8-20)12-17(3,4)5/h9-11,20H,6-8,12H2,1-5H3,(H,18,21). The number of rotatable bonds is 5. The van der Waals surface area contributed by atoms with Gasteiger partial charge in [0.15, 0.2) is 0 Å². The van der Waals surface area contributed by atoms with Gasteiger partial charge in [0.05, 0.1) is 0 Å². The maximum atomic E-state index is 12.5. The van der Waals surface area contributed by atoms with Crippen molar-refractivity contribution in [1.29, 1.82) is 0 Å². The molecule has 0 aliphatic carbocycles. The van der Waals surface area contributed by atoms with Gasteiger partial charge in [-0.2, -0.15) is 0 Å². The Hall–Kier alpha value is -1.55. The number of carbonyl (C=O) groups is 1. The molecule has 0 spiro atoms. The van der Waals surface area contributed by atoms with E-state index in [0.717, 1.165) is 16.8 Å². The molecule has 21 heavy (non-hydrogen) atoms. The van der Waals surface area contributed by atoms with Crippen LogP contribution in [0.2, 0.25) is 0 Å². The number of hydrogen-bond acceptors (Lipinski definition) is 2. The van der Waals surface area contributed by atoms with Crippen LogP contribution in [0.15, 0.2) is 18.2 Å². The van der Waals surface area contributed by atoms with Gasteiger partial charge in [-0.25, -0.2) is 4.79 Å². The molecule has 1 aromatic carbocycles. The van der Waals surface area contributed by atoms with Crippen molar-refractivity contribution in [3.05, 3.63) is 29.3 Å². The summed E-state index contributed by atoms with van der Waals surface area (Å²) in [5.41, 5.74) is 3.10. The second-order valence-electron chi connectivity index (χ2n) is 6.87. The molecule has 0 aliphatic heterocycles. The van der Waals surface area contributed by atoms with Crippen LogP contribution >= 0.6 is 0 Å². The van der Waals surface area contributed by atoms with E-state index < -0.39 is 0 Å². The van der Waals surface area contributed by atoms with E-state index in [1.807, 2.05) is 26.0 Å². The molecule has 0 saturated heterocycles. The summed E-state index contributed by atoms with van der Waals surface area (Å²) in [6, 6.07) is 5.90. The minimum absolute atomic E-state index is 0.0231. The van der Waals surface area contributed by atoms with Crippen molar-refractivity contribution >= 4 is 11.7 Å². The first-order valence-corrected chi connectivity index (χ1v) is 7.46. The fourth-order valence-corrected chi connectivity index (χ4v) is 2.34. The summed E-state index contributed by atoms with van der Waals surface area (Å²) in [6.07, 6.45) is 0.594. The number of hydrogen-bond donors (Lipinski definition) is 2. The minimum atomic E-state index is -0.108. The molecule has 1 aromatic rings. The van der Waals surface area contributed by atoms with Crippen molar-refractivity contribution in [3.63, 3.8) is 0 Å². The van der Waals surface area contributed by atoms with Crippen molar-refractivity contribution in [1.82, 2.24) is 4.90 Å². The summed E-state index contributed by atoms with van der Waals surface area (Å²) in [7, 11) is 0. The molecule has 0 heterocycles. The summed E-state index contributed by atoms with van der Waals surface area (Å²) >= 11 is 0. The van der Waals surface area contributed by atoms with E-state index >= 15 is 0 Å². The number of anilines is 1. The third-order valence-electron chi connectivity index (χ3n) is 3.01. The van der Waals surface area contributed by atoms with Gasteiger partial charge in [-0.15, -0.1) is 0 Å². The number of aliphatic hydroxyl groups excluding tert-OH is 1. The fourth-order valence-electron chi connectivity index (χ4n) is 2.34. The summed E-state index contributed by atoms with van der Waals surface area (Å²) < 4.78 is 0. The smallest absolute Gasteiger partial charge is 0.321 e. The van der Waals surface area contributed by atoms with Gasteiger partial charge in [-0.3, -0.25) is 0 Å². The van der Waals surface area contributed by atoms with Crippen LogP contribution in [0.1, 0.15) is 38.3 Å². The van der Waals surface area contributed by atoms with Crippen LogP contribution in [0.3, 0.4) is 0 Å². The molecule has 0 radical (unpaired) electrons. The zero-order valence-electron chi connectivity index (χ0n) is 13.9. The second kappa shape index (κ2) is 7.46. The molecule has 2 amide bonds. The Balaban J connectivity index is 2.79. The zero-order valence-corrected chi connectivity index (χ0v) is 13.9. The number of urea groups is 1. The molecule has 0 saturated carbocycles. The lowest BCUT2D eigenvalue weighted by atomic mass is 9.96. The molecule has 0 bridgehead atoms. The Bertz CT molecular complexity index is 458. The van der Waals surface area contributed by atoms with Crippen LogP contribution in [-0.2, 0) is 0 Å². The molecule has 0 unspecified atom stereocenters. The lowest BCUT2D eigenvalue weighted by Crippen LogP contribution is -2.41. The summed E-state index contributed by atoms with van der Waals surface area (Å²) in [5, 5.41) is 12.0. The SMILES string of the molecule is Cc1cc(C)cc(NC(=O)N(CCCO)CC(C)(C)C)c1. The van der Waals surface area contributed by atoms with Gasteiger partial charge in [0, 0.05) is 25.4 Å². The first kappa shape index (κ1) is 17.5. The van der Waals surface area contributed by atoms with Crippen LogP contribution in [0.25, 0.3) is 0 Å². The summed E-state index contributed by atoms with van der Waals surface area (Å²) in [6.45, 7) is 11.6. The number of benzene rings is 1. The highest BCUT2D eigenvalue weighted by Crippen LogP contribution is 2.18. The number of nitrogens with zero attached hydrogens (tertiary/aromatic N) is 1. The predicted octanol–water partition coefficient (Wildman–Crippen LogP) is 3.57. The highest BCUT2D eigenvalue weighted by atomic mass is 16.3. The number of amides is 2. The van der Waals surface area contributed by atoms with Crippen LogP contribution in [0.4, 0.5) is 10.5 Å². The quantitative estimate of drug-likeness (QED) is 0.871. The maximum Gasteiger partial charge on any atom is 0.321 e. The van der Waals surface area contributed by atoms with Crippen molar-refractivity contribution in [2.24, 2.45) is 5.41 Å². The van der Waals surface area contributed by atoms with E-state index in [1.54, 1.807) is 4.90 Å². The lowest BCUT2D eigenvalue weighted by molar-refractivity contribution is 0.176. The van der Waals surface area contributed by atoms with Gasteiger partial charge in [0.2, 0.25) is 0 Å². The Kier molecular flexibility index (Phi) is 6.21. The molecular weight excluding hydrogens is 264 g/mol. The van der Waals surface area contributed by atoms with E-state index in [1.165, 1.54) is 0 Å². The van der Waals surface area contributed by atoms with Crippen molar-refractivity contribution in [2.45, 2.75) is 41.0 Å². The molecule has 0 fully saturated rings. The Morgan fingerprint density at radius 2 is 1.76 bits per heavy atom. The molecule has 2 N–H and O–H groups in total. The van der Waals surface area contributed by atoms with Gasteiger partial charge in [-0.05, 0) is 48.9 Å². The average molecular weight is 292 g/mol. The van der Waals surface area contributed by atoms with Crippen molar-refractivity contribution in [2.75, 3.05) is 25.0 Å². The Morgan fingerprint density at radius 3 is 2.24 bits per heavy atom. The zero-order chi connectivity index (χ0) is 16.0. The van der Waals surface area contributed by atoms with Crippen LogP contribution < -0.4 is 5.32 Å². The second-order valence-corrected chi connectivity index (χ2v) is 6.87. The van der Waals surface area contributed by atoms with Crippen molar-refractivity contribution in [3.8, 4) is 0 Å². The maximum absolute atomic E-state index is 12.5. The molecule has 0 aromatic heterocycles. The molecule has 4 heteroatoms. The van der Waals surface area contributed by atoms with E-state index in [2.05, 4.69) is 32.2 Å². The van der Waals surface area contributed by atoms with Gasteiger partial charge in [0.25, 0.3) is 0 Å². The predicted molar refractivity (Wildman–Crippen MR) is 87.7 cm³/mol.